The van der Waals surface area contributed by atoms with Gasteiger partial charge in [-0.1, -0.05) is 36.9 Å². The Kier molecular flexibility index (Phi) is 9.22. The summed E-state index contributed by atoms with van der Waals surface area (Å²) in [7, 11) is 0. The van der Waals surface area contributed by atoms with Crippen LogP contribution in [0.1, 0.15) is 40.9 Å². The first-order valence-corrected chi connectivity index (χ1v) is 12.5. The van der Waals surface area contributed by atoms with E-state index in [9.17, 15) is 4.79 Å². The van der Waals surface area contributed by atoms with Crippen molar-refractivity contribution >= 4 is 11.8 Å². The lowest BCUT2D eigenvalue weighted by Crippen LogP contribution is -2.18. The second kappa shape index (κ2) is 13.2. The number of carboxylic acids is 1. The molecule has 1 atom stereocenters. The number of nitrogen functional groups attached to an aromatic ring is 1. The molecule has 1 unspecified atom stereocenters. The van der Waals surface area contributed by atoms with E-state index >= 15 is 0 Å². The number of hydrogen-bond donors (Lipinski definition) is 4. The van der Waals surface area contributed by atoms with Gasteiger partial charge in [0.1, 0.15) is 18.3 Å². The lowest BCUT2D eigenvalue weighted by molar-refractivity contribution is -0.134. The van der Waals surface area contributed by atoms with Crippen LogP contribution in [-0.4, -0.2) is 55.0 Å². The van der Waals surface area contributed by atoms with E-state index in [1.54, 1.807) is 36.7 Å². The molecule has 5 rings (SSSR count). The Bertz CT molecular complexity index is 1580. The fourth-order valence-corrected chi connectivity index (χ4v) is 4.13. The Morgan fingerprint density at radius 3 is 2.66 bits per heavy atom. The zero-order valence-electron chi connectivity index (χ0n) is 22.2. The third kappa shape index (κ3) is 7.22. The summed E-state index contributed by atoms with van der Waals surface area (Å²) in [6, 6.07) is 12.9. The lowest BCUT2D eigenvalue weighted by atomic mass is 9.89. The zero-order chi connectivity index (χ0) is 29.4. The van der Waals surface area contributed by atoms with Crippen molar-refractivity contribution in [3.8, 4) is 17.4 Å². The molecule has 41 heavy (non-hydrogen) atoms. The van der Waals surface area contributed by atoms with Gasteiger partial charge in [0.2, 0.25) is 0 Å². The van der Waals surface area contributed by atoms with E-state index < -0.39 is 11.7 Å². The van der Waals surface area contributed by atoms with Crippen molar-refractivity contribution < 1.29 is 24.1 Å². The predicted molar refractivity (Wildman–Crippen MR) is 149 cm³/mol. The van der Waals surface area contributed by atoms with E-state index in [-0.39, 0.29) is 24.5 Å². The first-order valence-electron chi connectivity index (χ1n) is 12.5. The quantitative estimate of drug-likeness (QED) is 0.135. The molecule has 4 aromatic rings. The third-order valence-corrected chi connectivity index (χ3v) is 5.87. The molecule has 5 N–H and O–H groups in total. The lowest BCUT2D eigenvalue weighted by Gasteiger charge is -2.24. The number of aliphatic carboxylic acids is 1. The van der Waals surface area contributed by atoms with Gasteiger partial charge in [0.25, 0.3) is 11.9 Å². The number of rotatable bonds is 9. The largest absolute Gasteiger partial charge is 0.486 e. The zero-order valence-corrected chi connectivity index (χ0v) is 22.2. The van der Waals surface area contributed by atoms with Gasteiger partial charge in [-0.2, -0.15) is 0 Å². The molecule has 212 valence electrons. The van der Waals surface area contributed by atoms with Crippen LogP contribution in [0.4, 0.5) is 0 Å². The van der Waals surface area contributed by atoms with Crippen LogP contribution in [-0.2, 0) is 22.6 Å². The molecule has 0 amide bonds. The van der Waals surface area contributed by atoms with E-state index in [0.29, 0.717) is 42.5 Å². The van der Waals surface area contributed by atoms with Gasteiger partial charge >= 0.3 is 5.69 Å². The van der Waals surface area contributed by atoms with Crippen LogP contribution in [0, 0.1) is 5.41 Å². The molecule has 2 aromatic heterocycles. The Morgan fingerprint density at radius 2 is 2.00 bits per heavy atom. The average molecular weight is 560 g/mol. The maximum Gasteiger partial charge on any atom is 0.350 e. The SMILES string of the molecule is C=CCOc1cc(C(Cc2ccc(C(=N)N)cc2)c2nn(-c3ncccn3)c(=O)[nH]2)cc2c1OCOC2.CC(=O)O. The molecule has 1 aliphatic heterocycles. The minimum absolute atomic E-state index is 0.00673. The molecule has 0 spiro atoms. The Balaban J connectivity index is 0.000000909. The van der Waals surface area contributed by atoms with Gasteiger partial charge in [-0.25, -0.2) is 14.8 Å². The number of ether oxygens (including phenoxy) is 3. The van der Waals surface area contributed by atoms with Crippen molar-refractivity contribution in [1.29, 1.82) is 5.41 Å². The second-order valence-electron chi connectivity index (χ2n) is 8.88. The fourth-order valence-electron chi connectivity index (χ4n) is 4.13. The molecule has 13 nitrogen and oxygen atoms in total. The van der Waals surface area contributed by atoms with Crippen LogP contribution in [0.5, 0.6) is 11.5 Å². The first kappa shape index (κ1) is 28.7. The van der Waals surface area contributed by atoms with Crippen molar-refractivity contribution in [3.05, 3.63) is 106 Å². The number of hydrogen-bond acceptors (Lipinski definition) is 9. The second-order valence-corrected chi connectivity index (χ2v) is 8.88. The number of carboxylic acid groups (broad SMARTS) is 1. The standard InChI is InChI=1S/C26H25N7O4.C2H4O2/c1-2-10-36-21-13-18(12-19-14-35-15-37-22(19)21)20(11-16-4-6-17(7-5-16)23(27)28)24-31-26(34)33(32-24)25-29-8-3-9-30-25;1-2(3)4/h2-9,12-13,20H,1,10-11,14-15H2,(H3,27,28)(H,31,32,34);1H3,(H,3,4). The van der Waals surface area contributed by atoms with Crippen molar-refractivity contribution in [1.82, 2.24) is 24.7 Å². The Morgan fingerprint density at radius 1 is 1.29 bits per heavy atom. The molecular weight excluding hydrogens is 530 g/mol. The normalized spacial score (nSPS) is 12.6. The summed E-state index contributed by atoms with van der Waals surface area (Å²) < 4.78 is 18.3. The first-order chi connectivity index (χ1) is 19.8. The molecule has 0 saturated carbocycles. The number of nitrogens with two attached hydrogens (primary N) is 1. The summed E-state index contributed by atoms with van der Waals surface area (Å²) in [4.78, 5) is 33.0. The molecule has 1 aliphatic rings. The maximum atomic E-state index is 12.8. The molecule has 0 aliphatic carbocycles. The maximum absolute atomic E-state index is 12.8. The third-order valence-electron chi connectivity index (χ3n) is 5.87. The summed E-state index contributed by atoms with van der Waals surface area (Å²) >= 11 is 0. The van der Waals surface area contributed by atoms with Crippen LogP contribution >= 0.6 is 0 Å². The number of nitrogens with one attached hydrogen (secondary N) is 2. The average Bonchev–Trinajstić information content (AvgIpc) is 3.36. The number of benzene rings is 2. The minimum Gasteiger partial charge on any atom is -0.486 e. The highest BCUT2D eigenvalue weighted by Crippen LogP contribution is 2.39. The van der Waals surface area contributed by atoms with Gasteiger partial charge in [-0.15, -0.1) is 9.78 Å². The van der Waals surface area contributed by atoms with Gasteiger partial charge in [0.05, 0.1) is 6.61 Å². The van der Waals surface area contributed by atoms with Crippen molar-refractivity contribution in [2.45, 2.75) is 25.9 Å². The Hall–Kier alpha value is -5.30. The molecule has 0 radical (unpaired) electrons. The fraction of sp³-hybridized carbons (Fsp3) is 0.214. The summed E-state index contributed by atoms with van der Waals surface area (Å²) in [5.41, 5.74) is 8.42. The molecule has 3 heterocycles. The van der Waals surface area contributed by atoms with Crippen LogP contribution < -0.4 is 20.9 Å². The van der Waals surface area contributed by atoms with Crippen LogP contribution in [0.3, 0.4) is 0 Å². The van der Waals surface area contributed by atoms with Crippen LogP contribution in [0.25, 0.3) is 5.95 Å². The summed E-state index contributed by atoms with van der Waals surface area (Å²) in [6.45, 7) is 5.61. The minimum atomic E-state index is -0.833. The van der Waals surface area contributed by atoms with Gasteiger partial charge < -0.3 is 25.1 Å². The highest BCUT2D eigenvalue weighted by Gasteiger charge is 2.26. The molecular formula is C28H29N7O6. The topological polar surface area (TPSA) is 191 Å². The Labute approximate surface area is 234 Å². The van der Waals surface area contributed by atoms with Crippen LogP contribution in [0.15, 0.2) is 72.3 Å². The van der Waals surface area contributed by atoms with E-state index in [1.165, 1.54) is 0 Å². The molecule has 2 aromatic carbocycles. The van der Waals surface area contributed by atoms with Gasteiger partial charge in [-0.3, -0.25) is 15.2 Å². The highest BCUT2D eigenvalue weighted by molar-refractivity contribution is 5.94. The van der Waals surface area contributed by atoms with Gasteiger partial charge in [0, 0.05) is 36.4 Å². The monoisotopic (exact) mass is 559 g/mol. The van der Waals surface area contributed by atoms with E-state index in [1.807, 2.05) is 24.3 Å². The molecule has 0 bridgehead atoms. The number of aromatic nitrogens is 5. The summed E-state index contributed by atoms with van der Waals surface area (Å²) in [5.74, 6) is 0.563. The number of H-pyrrole nitrogens is 1. The summed E-state index contributed by atoms with van der Waals surface area (Å²) in [6.07, 6.45) is 5.24. The van der Waals surface area contributed by atoms with E-state index in [0.717, 1.165) is 28.3 Å². The van der Waals surface area contributed by atoms with E-state index in [4.69, 9.17) is 35.3 Å². The number of aromatic amines is 1. The smallest absolute Gasteiger partial charge is 0.350 e. The van der Waals surface area contributed by atoms with Gasteiger partial charge in [0.15, 0.2) is 18.3 Å². The molecule has 13 heteroatoms. The number of nitrogens with zero attached hydrogens (tertiary/aromatic N) is 4. The van der Waals surface area contributed by atoms with Crippen molar-refractivity contribution in [2.24, 2.45) is 5.73 Å². The van der Waals surface area contributed by atoms with Crippen LogP contribution in [0.2, 0.25) is 0 Å². The molecule has 0 fully saturated rings. The number of fused-ring (bicyclic) bond motifs is 1. The number of carbonyl (C=O) groups is 1. The van der Waals surface area contributed by atoms with Crippen molar-refractivity contribution in [2.75, 3.05) is 13.4 Å². The highest BCUT2D eigenvalue weighted by atomic mass is 16.7. The van der Waals surface area contributed by atoms with Gasteiger partial charge in [-0.05, 0) is 35.7 Å². The van der Waals surface area contributed by atoms with Crippen molar-refractivity contribution in [3.63, 3.8) is 0 Å². The number of amidine groups is 1. The van der Waals surface area contributed by atoms with E-state index in [2.05, 4.69) is 26.6 Å². The summed E-state index contributed by atoms with van der Waals surface area (Å²) in [5, 5.41) is 19.6. The molecule has 0 saturated heterocycles. The predicted octanol–water partition coefficient (Wildman–Crippen LogP) is 2.53.